The zero-order valence-electron chi connectivity index (χ0n) is 11.0. The van der Waals surface area contributed by atoms with Crippen molar-refractivity contribution in [3.05, 3.63) is 15.6 Å². The maximum absolute atomic E-state index is 11.8. The summed E-state index contributed by atoms with van der Waals surface area (Å²) in [4.78, 5) is 22.7. The third-order valence-electron chi connectivity index (χ3n) is 3.38. The first-order valence-corrected chi connectivity index (χ1v) is 7.52. The van der Waals surface area contributed by atoms with Gasteiger partial charge >= 0.3 is 0 Å². The molecule has 1 aromatic rings. The van der Waals surface area contributed by atoms with Crippen LogP contribution >= 0.6 is 11.3 Å². The van der Waals surface area contributed by atoms with Gasteiger partial charge in [-0.3, -0.25) is 9.63 Å². The van der Waals surface area contributed by atoms with E-state index in [0.29, 0.717) is 25.6 Å². The second-order valence-electron chi connectivity index (χ2n) is 5.14. The Morgan fingerprint density at radius 3 is 3.05 bits per heavy atom. The number of carbonyl (C=O) groups excluding carboxylic acids is 1. The number of nitrogens with zero attached hydrogens (tertiary/aromatic N) is 1. The molecule has 1 atom stereocenters. The summed E-state index contributed by atoms with van der Waals surface area (Å²) in [6.07, 6.45) is 3.66. The first kappa shape index (κ1) is 13.0. The molecule has 1 saturated carbocycles. The van der Waals surface area contributed by atoms with Crippen molar-refractivity contribution in [2.45, 2.75) is 44.6 Å². The molecule has 3 rings (SSSR count). The molecule has 0 radical (unpaired) electrons. The van der Waals surface area contributed by atoms with Crippen LogP contribution in [0.5, 0.6) is 0 Å². The average molecular weight is 282 g/mol. The van der Waals surface area contributed by atoms with E-state index >= 15 is 0 Å². The lowest BCUT2D eigenvalue weighted by atomic mass is 10.3. The van der Waals surface area contributed by atoms with Crippen molar-refractivity contribution in [3.63, 3.8) is 0 Å². The van der Waals surface area contributed by atoms with Crippen LogP contribution in [-0.2, 0) is 20.8 Å². The summed E-state index contributed by atoms with van der Waals surface area (Å²) in [6, 6.07) is 0. The van der Waals surface area contributed by atoms with E-state index in [1.807, 2.05) is 6.92 Å². The Balaban J connectivity index is 1.50. The molecule has 1 amide bonds. The van der Waals surface area contributed by atoms with Gasteiger partial charge in [0.05, 0.1) is 23.7 Å². The van der Waals surface area contributed by atoms with E-state index in [2.05, 4.69) is 10.5 Å². The number of rotatable bonds is 5. The molecule has 1 aromatic heterocycles. The molecular formula is C13H18N2O3S. The molecule has 19 heavy (non-hydrogen) atoms. The topological polar surface area (TPSA) is 60.5 Å². The molecule has 2 fully saturated rings. The van der Waals surface area contributed by atoms with Crippen LogP contribution in [0.25, 0.3) is 0 Å². The predicted octanol–water partition coefficient (Wildman–Crippen LogP) is 1.71. The molecule has 1 N–H and O–H groups in total. The summed E-state index contributed by atoms with van der Waals surface area (Å²) < 4.78 is 5.18. The first-order valence-electron chi connectivity index (χ1n) is 6.71. The molecule has 2 heterocycles. The smallest absolute Gasteiger partial charge is 0.248 e. The van der Waals surface area contributed by atoms with Crippen LogP contribution in [0.3, 0.4) is 0 Å². The number of nitrogens with one attached hydrogen (secondary N) is 1. The van der Waals surface area contributed by atoms with Crippen molar-refractivity contribution >= 4 is 17.2 Å². The Morgan fingerprint density at radius 2 is 2.37 bits per heavy atom. The predicted molar refractivity (Wildman–Crippen MR) is 71.0 cm³/mol. The lowest BCUT2D eigenvalue weighted by Crippen LogP contribution is -2.30. The Labute approximate surface area is 116 Å². The normalized spacial score (nSPS) is 22.7. The highest BCUT2D eigenvalue weighted by Crippen LogP contribution is 2.42. The Morgan fingerprint density at radius 1 is 1.53 bits per heavy atom. The number of hydrogen-bond donors (Lipinski definition) is 1. The fraction of sp³-hybridized carbons (Fsp3) is 0.692. The quantitative estimate of drug-likeness (QED) is 0.835. The van der Waals surface area contributed by atoms with Crippen molar-refractivity contribution < 1.29 is 14.4 Å². The van der Waals surface area contributed by atoms with Crippen molar-refractivity contribution in [1.82, 2.24) is 10.5 Å². The van der Waals surface area contributed by atoms with E-state index in [1.54, 1.807) is 11.3 Å². The van der Waals surface area contributed by atoms with Crippen molar-refractivity contribution in [3.8, 4) is 0 Å². The van der Waals surface area contributed by atoms with Gasteiger partial charge in [0, 0.05) is 23.8 Å². The molecule has 1 aliphatic heterocycles. The maximum atomic E-state index is 11.8. The van der Waals surface area contributed by atoms with E-state index in [1.165, 1.54) is 17.8 Å². The van der Waals surface area contributed by atoms with Crippen LogP contribution in [-0.4, -0.2) is 30.2 Å². The number of ether oxygens (including phenoxy) is 1. The van der Waals surface area contributed by atoms with Crippen molar-refractivity contribution in [2.24, 2.45) is 0 Å². The van der Waals surface area contributed by atoms with Crippen LogP contribution in [0.15, 0.2) is 0 Å². The molecule has 5 nitrogen and oxygen atoms in total. The summed E-state index contributed by atoms with van der Waals surface area (Å²) >= 11 is 1.66. The standard InChI is InChI=1S/C13H18N2O3S/c1-8-11(19-13(14-8)9-2-3-9)6-12(16)15-18-10-4-5-17-7-10/h9-10H,2-7H2,1H3,(H,15,16). The fourth-order valence-corrected chi connectivity index (χ4v) is 3.29. The number of carbonyl (C=O) groups is 1. The van der Waals surface area contributed by atoms with E-state index in [0.717, 1.165) is 17.0 Å². The lowest BCUT2D eigenvalue weighted by molar-refractivity contribution is -0.137. The number of thiazole rings is 1. The van der Waals surface area contributed by atoms with Gasteiger partial charge in [-0.15, -0.1) is 11.3 Å². The zero-order valence-corrected chi connectivity index (χ0v) is 11.8. The van der Waals surface area contributed by atoms with Gasteiger partial charge in [0.15, 0.2) is 0 Å². The highest BCUT2D eigenvalue weighted by atomic mass is 32.1. The van der Waals surface area contributed by atoms with Crippen molar-refractivity contribution in [2.75, 3.05) is 13.2 Å². The van der Waals surface area contributed by atoms with Crippen LogP contribution in [0, 0.1) is 6.92 Å². The van der Waals surface area contributed by atoms with Crippen LogP contribution in [0.2, 0.25) is 0 Å². The summed E-state index contributed by atoms with van der Waals surface area (Å²) in [5.41, 5.74) is 3.49. The number of hydrogen-bond acceptors (Lipinski definition) is 5. The lowest BCUT2D eigenvalue weighted by Gasteiger charge is -2.09. The van der Waals surface area contributed by atoms with Gasteiger partial charge in [0.1, 0.15) is 6.10 Å². The van der Waals surface area contributed by atoms with Gasteiger partial charge in [-0.25, -0.2) is 10.5 Å². The Hall–Kier alpha value is -0.980. The number of amides is 1. The van der Waals surface area contributed by atoms with E-state index in [-0.39, 0.29) is 12.0 Å². The average Bonchev–Trinajstić information content (AvgIpc) is 2.99. The third kappa shape index (κ3) is 3.32. The SMILES string of the molecule is Cc1nc(C2CC2)sc1CC(=O)NOC1CCOC1. The molecule has 1 aliphatic carbocycles. The van der Waals surface area contributed by atoms with Crippen molar-refractivity contribution in [1.29, 1.82) is 0 Å². The fourth-order valence-electron chi connectivity index (χ4n) is 2.06. The monoisotopic (exact) mass is 282 g/mol. The first-order chi connectivity index (χ1) is 9.22. The molecule has 0 spiro atoms. The van der Waals surface area contributed by atoms with Gasteiger partial charge in [-0.05, 0) is 19.8 Å². The summed E-state index contributed by atoms with van der Waals surface area (Å²) in [6.45, 7) is 3.24. The number of hydroxylamine groups is 1. The molecule has 0 bridgehead atoms. The molecule has 0 aromatic carbocycles. The minimum absolute atomic E-state index is 0.00599. The van der Waals surface area contributed by atoms with Crippen LogP contribution in [0.1, 0.15) is 40.8 Å². The van der Waals surface area contributed by atoms with Gasteiger partial charge in [-0.2, -0.15) is 0 Å². The van der Waals surface area contributed by atoms with E-state index in [4.69, 9.17) is 9.57 Å². The number of aryl methyl sites for hydroxylation is 1. The molecular weight excluding hydrogens is 264 g/mol. The maximum Gasteiger partial charge on any atom is 0.248 e. The summed E-state index contributed by atoms with van der Waals surface area (Å²) in [5.74, 6) is 0.536. The minimum Gasteiger partial charge on any atom is -0.379 e. The molecule has 1 saturated heterocycles. The molecule has 2 aliphatic rings. The largest absolute Gasteiger partial charge is 0.379 e. The second-order valence-corrected chi connectivity index (χ2v) is 6.26. The van der Waals surface area contributed by atoms with Gasteiger partial charge in [0.25, 0.3) is 0 Å². The third-order valence-corrected chi connectivity index (χ3v) is 4.70. The summed E-state index contributed by atoms with van der Waals surface area (Å²) in [5, 5.41) is 1.19. The van der Waals surface area contributed by atoms with Gasteiger partial charge in [0.2, 0.25) is 5.91 Å². The van der Waals surface area contributed by atoms with Gasteiger partial charge in [-0.1, -0.05) is 0 Å². The van der Waals surface area contributed by atoms with E-state index in [9.17, 15) is 4.79 Å². The highest BCUT2D eigenvalue weighted by molar-refractivity contribution is 7.12. The van der Waals surface area contributed by atoms with Crippen LogP contribution in [0.4, 0.5) is 0 Å². The molecule has 104 valence electrons. The minimum atomic E-state index is -0.110. The summed E-state index contributed by atoms with van der Waals surface area (Å²) in [7, 11) is 0. The molecule has 6 heteroatoms. The van der Waals surface area contributed by atoms with Crippen LogP contribution < -0.4 is 5.48 Å². The second kappa shape index (κ2) is 5.56. The van der Waals surface area contributed by atoms with E-state index < -0.39 is 0 Å². The highest BCUT2D eigenvalue weighted by Gasteiger charge is 2.28. The van der Waals surface area contributed by atoms with Gasteiger partial charge < -0.3 is 4.74 Å². The Kier molecular flexibility index (Phi) is 3.81. The zero-order chi connectivity index (χ0) is 13.2. The number of aromatic nitrogens is 1. The Bertz CT molecular complexity index is 464. The molecule has 1 unspecified atom stereocenters.